The minimum atomic E-state index is -0.621. The van der Waals surface area contributed by atoms with Crippen LogP contribution in [0.2, 0.25) is 10.0 Å². The average molecular weight is 701 g/mol. The van der Waals surface area contributed by atoms with Gasteiger partial charge in [0.2, 0.25) is 11.8 Å². The highest BCUT2D eigenvalue weighted by atomic mass is 35.5. The Bertz CT molecular complexity index is 1460. The minimum Gasteiger partial charge on any atom is -0.426 e. The molecule has 0 unspecified atom stereocenters. The van der Waals surface area contributed by atoms with Crippen LogP contribution >= 0.6 is 23.2 Å². The van der Waals surface area contributed by atoms with Crippen LogP contribution in [-0.4, -0.2) is 115 Å². The Kier molecular flexibility index (Phi) is 11.4. The summed E-state index contributed by atoms with van der Waals surface area (Å²) in [6, 6.07) is 11.5. The van der Waals surface area contributed by atoms with E-state index in [9.17, 15) is 19.2 Å². The SMILES string of the molecule is O=COc1c(Cl)cc(C[C@@H](CC(=O)N2CCC(N3CCc4ccccc4NC3=O)CC2)C(=O)N2CCN(C3CCOCC3)CC2)cc1Cl. The van der Waals surface area contributed by atoms with Gasteiger partial charge in [-0.05, 0) is 67.9 Å². The normalized spacial score (nSPS) is 20.5. The molecule has 11 nitrogen and oxygen atoms in total. The first-order valence-electron chi connectivity index (χ1n) is 16.9. The van der Waals surface area contributed by atoms with Crippen molar-refractivity contribution in [1.82, 2.24) is 19.6 Å². The number of anilines is 1. The molecule has 3 saturated heterocycles. The third kappa shape index (κ3) is 8.07. The van der Waals surface area contributed by atoms with Gasteiger partial charge in [0.1, 0.15) is 0 Å². The molecule has 2 aromatic rings. The number of amides is 4. The van der Waals surface area contributed by atoms with E-state index in [1.807, 2.05) is 39.0 Å². The van der Waals surface area contributed by atoms with E-state index in [4.69, 9.17) is 32.7 Å². The van der Waals surface area contributed by atoms with Crippen molar-refractivity contribution in [2.45, 2.75) is 57.0 Å². The molecule has 48 heavy (non-hydrogen) atoms. The van der Waals surface area contributed by atoms with E-state index in [-0.39, 0.29) is 59.0 Å². The Balaban J connectivity index is 1.10. The molecule has 13 heteroatoms. The van der Waals surface area contributed by atoms with E-state index in [2.05, 4.69) is 10.2 Å². The number of hydrogen-bond acceptors (Lipinski definition) is 7. The number of urea groups is 1. The summed E-state index contributed by atoms with van der Waals surface area (Å²) in [6.07, 6.45) is 4.43. The number of ether oxygens (including phenoxy) is 2. The molecule has 3 fully saturated rings. The standard InChI is InChI=1S/C35H43Cl2N5O6/c36-29-20-24(21-30(37)33(29)48-23-43)19-26(34(45)41-15-13-39(14-16-41)27-8-17-47-18-9-27)22-32(44)40-10-6-28(7-11-40)42-12-5-25-3-1-2-4-31(25)38-35(42)46/h1-4,20-21,23,26-28H,5-19,22H2,(H,38,46)/t26-/m0/s1. The molecule has 258 valence electrons. The van der Waals surface area contributed by atoms with Crippen LogP contribution in [0, 0.1) is 5.92 Å². The third-order valence-corrected chi connectivity index (χ3v) is 10.8. The zero-order chi connectivity index (χ0) is 33.6. The van der Waals surface area contributed by atoms with E-state index in [0.717, 1.165) is 56.8 Å². The summed E-state index contributed by atoms with van der Waals surface area (Å²) >= 11 is 12.8. The maximum absolute atomic E-state index is 14.1. The predicted octanol–water partition coefficient (Wildman–Crippen LogP) is 4.48. The highest BCUT2D eigenvalue weighted by molar-refractivity contribution is 6.37. The average Bonchev–Trinajstić information content (AvgIpc) is 3.27. The molecule has 2 aromatic carbocycles. The first kappa shape index (κ1) is 34.5. The summed E-state index contributed by atoms with van der Waals surface area (Å²) in [5.74, 6) is -0.709. The van der Waals surface area contributed by atoms with Gasteiger partial charge in [-0.3, -0.25) is 19.3 Å². The quantitative estimate of drug-likeness (QED) is 0.384. The summed E-state index contributed by atoms with van der Waals surface area (Å²) in [5.41, 5.74) is 2.66. The number of halogens is 2. The third-order valence-electron chi connectivity index (χ3n) is 10.2. The fourth-order valence-corrected chi connectivity index (χ4v) is 8.16. The lowest BCUT2D eigenvalue weighted by Gasteiger charge is -2.41. The molecule has 0 radical (unpaired) electrons. The number of piperidine rings is 1. The van der Waals surface area contributed by atoms with Gasteiger partial charge < -0.3 is 29.5 Å². The number of carbonyl (C=O) groups is 4. The molecular weight excluding hydrogens is 657 g/mol. The lowest BCUT2D eigenvalue weighted by Crippen LogP contribution is -2.54. The van der Waals surface area contributed by atoms with Gasteiger partial charge in [-0.2, -0.15) is 0 Å². The number of nitrogens with zero attached hydrogens (tertiary/aromatic N) is 4. The Labute approximate surface area is 291 Å². The smallest absolute Gasteiger partial charge is 0.322 e. The van der Waals surface area contributed by atoms with E-state index >= 15 is 0 Å². The molecule has 4 amide bonds. The summed E-state index contributed by atoms with van der Waals surface area (Å²) in [7, 11) is 0. The Morgan fingerprint density at radius 1 is 0.917 bits per heavy atom. The van der Waals surface area contributed by atoms with Crippen LogP contribution in [-0.2, 0) is 32.0 Å². The number of rotatable bonds is 9. The van der Waals surface area contributed by atoms with Gasteiger partial charge in [0.05, 0.1) is 16.0 Å². The first-order valence-corrected chi connectivity index (χ1v) is 17.7. The number of nitrogens with one attached hydrogen (secondary N) is 1. The Morgan fingerprint density at radius 2 is 1.60 bits per heavy atom. The molecule has 1 N–H and O–H groups in total. The van der Waals surface area contributed by atoms with Crippen molar-refractivity contribution < 1.29 is 28.7 Å². The predicted molar refractivity (Wildman–Crippen MR) is 182 cm³/mol. The lowest BCUT2D eigenvalue weighted by molar-refractivity contribution is -0.143. The molecule has 0 aromatic heterocycles. The van der Waals surface area contributed by atoms with Crippen molar-refractivity contribution >= 4 is 53.2 Å². The molecule has 4 aliphatic rings. The largest absolute Gasteiger partial charge is 0.426 e. The number of para-hydroxylation sites is 1. The second-order valence-corrected chi connectivity index (χ2v) is 13.9. The van der Waals surface area contributed by atoms with Gasteiger partial charge in [-0.15, -0.1) is 0 Å². The van der Waals surface area contributed by atoms with Crippen molar-refractivity contribution in [2.24, 2.45) is 5.92 Å². The summed E-state index contributed by atoms with van der Waals surface area (Å²) in [6.45, 7) is 6.23. The Morgan fingerprint density at radius 3 is 2.29 bits per heavy atom. The fourth-order valence-electron chi connectivity index (χ4n) is 7.54. The van der Waals surface area contributed by atoms with Crippen LogP contribution in [0.5, 0.6) is 5.75 Å². The highest BCUT2D eigenvalue weighted by Crippen LogP contribution is 2.35. The van der Waals surface area contributed by atoms with Crippen LogP contribution in [0.1, 0.15) is 43.2 Å². The van der Waals surface area contributed by atoms with Gasteiger partial charge in [-0.1, -0.05) is 41.4 Å². The van der Waals surface area contributed by atoms with Gasteiger partial charge in [0, 0.05) is 83.2 Å². The van der Waals surface area contributed by atoms with E-state index < -0.39 is 5.92 Å². The zero-order valence-electron chi connectivity index (χ0n) is 27.1. The molecular formula is C35H43Cl2N5O6. The van der Waals surface area contributed by atoms with Crippen LogP contribution in [0.25, 0.3) is 0 Å². The second-order valence-electron chi connectivity index (χ2n) is 13.1. The molecule has 0 aliphatic carbocycles. The monoisotopic (exact) mass is 699 g/mol. The van der Waals surface area contributed by atoms with Gasteiger partial charge in [0.15, 0.2) is 5.75 Å². The molecule has 4 heterocycles. The van der Waals surface area contributed by atoms with Crippen molar-refractivity contribution in [2.75, 3.05) is 64.3 Å². The van der Waals surface area contributed by atoms with Crippen LogP contribution in [0.3, 0.4) is 0 Å². The van der Waals surface area contributed by atoms with Crippen LogP contribution < -0.4 is 10.1 Å². The van der Waals surface area contributed by atoms with E-state index in [1.165, 1.54) is 0 Å². The summed E-state index contributed by atoms with van der Waals surface area (Å²) < 4.78 is 10.5. The molecule has 0 saturated carbocycles. The van der Waals surface area contributed by atoms with E-state index in [0.29, 0.717) is 57.2 Å². The van der Waals surface area contributed by atoms with Crippen LogP contribution in [0.4, 0.5) is 10.5 Å². The maximum atomic E-state index is 14.1. The zero-order valence-corrected chi connectivity index (χ0v) is 28.6. The Hall–Kier alpha value is -3.38. The summed E-state index contributed by atoms with van der Waals surface area (Å²) in [5, 5.41) is 3.37. The van der Waals surface area contributed by atoms with Crippen molar-refractivity contribution in [1.29, 1.82) is 0 Å². The van der Waals surface area contributed by atoms with Crippen molar-refractivity contribution in [3.05, 3.63) is 57.6 Å². The molecule has 0 spiro atoms. The second kappa shape index (κ2) is 15.9. The molecule has 6 rings (SSSR count). The number of piperazine rings is 1. The molecule has 1 atom stereocenters. The van der Waals surface area contributed by atoms with Gasteiger partial charge >= 0.3 is 6.03 Å². The topological polar surface area (TPSA) is 112 Å². The first-order chi connectivity index (χ1) is 23.3. The maximum Gasteiger partial charge on any atom is 0.322 e. The molecule has 0 bridgehead atoms. The minimum absolute atomic E-state index is 0.0317. The van der Waals surface area contributed by atoms with E-state index in [1.54, 1.807) is 12.1 Å². The number of hydrogen-bond donors (Lipinski definition) is 1. The lowest BCUT2D eigenvalue weighted by atomic mass is 9.92. The van der Waals surface area contributed by atoms with Crippen LogP contribution in [0.15, 0.2) is 36.4 Å². The fraction of sp³-hybridized carbons (Fsp3) is 0.543. The number of likely N-dealkylation sites (tertiary alicyclic amines) is 1. The summed E-state index contributed by atoms with van der Waals surface area (Å²) in [4.78, 5) is 60.0. The number of fused-ring (bicyclic) bond motifs is 1. The molecule has 4 aliphatic heterocycles. The van der Waals surface area contributed by atoms with Gasteiger partial charge in [0.25, 0.3) is 6.47 Å². The number of benzene rings is 2. The van der Waals surface area contributed by atoms with Crippen molar-refractivity contribution in [3.8, 4) is 5.75 Å². The van der Waals surface area contributed by atoms with Crippen molar-refractivity contribution in [3.63, 3.8) is 0 Å². The number of carbonyl (C=O) groups excluding carboxylic acids is 4. The highest BCUT2D eigenvalue weighted by Gasteiger charge is 2.35. The van der Waals surface area contributed by atoms with Gasteiger partial charge in [-0.25, -0.2) is 4.79 Å².